The number of rotatable bonds is 8. The SMILES string of the molecule is CC(C)NCCS(=O)(=O)NCCc1ncn(C)n1. The van der Waals surface area contributed by atoms with Crippen LogP contribution in [0.3, 0.4) is 0 Å². The molecule has 0 fully saturated rings. The van der Waals surface area contributed by atoms with Crippen molar-refractivity contribution in [1.29, 1.82) is 0 Å². The molecule has 1 aromatic rings. The molecule has 104 valence electrons. The number of hydrogen-bond acceptors (Lipinski definition) is 5. The van der Waals surface area contributed by atoms with Gasteiger partial charge in [-0.05, 0) is 0 Å². The van der Waals surface area contributed by atoms with Crippen LogP contribution >= 0.6 is 0 Å². The third kappa shape index (κ3) is 6.08. The van der Waals surface area contributed by atoms with Crippen molar-refractivity contribution in [3.05, 3.63) is 12.2 Å². The molecule has 0 spiro atoms. The van der Waals surface area contributed by atoms with Crippen LogP contribution in [0.4, 0.5) is 0 Å². The maximum absolute atomic E-state index is 11.6. The summed E-state index contributed by atoms with van der Waals surface area (Å²) in [5.41, 5.74) is 0. The Hall–Kier alpha value is -0.990. The molecule has 1 rings (SSSR count). The maximum Gasteiger partial charge on any atom is 0.212 e. The van der Waals surface area contributed by atoms with Gasteiger partial charge in [0.25, 0.3) is 0 Å². The molecule has 1 aromatic heterocycles. The second-order valence-corrected chi connectivity index (χ2v) is 6.33. The summed E-state index contributed by atoms with van der Waals surface area (Å²) >= 11 is 0. The number of nitrogens with one attached hydrogen (secondary N) is 2. The summed E-state index contributed by atoms with van der Waals surface area (Å²) in [6.45, 7) is 4.74. The van der Waals surface area contributed by atoms with Gasteiger partial charge in [-0.25, -0.2) is 18.1 Å². The van der Waals surface area contributed by atoms with E-state index in [4.69, 9.17) is 0 Å². The lowest BCUT2D eigenvalue weighted by molar-refractivity contribution is 0.566. The van der Waals surface area contributed by atoms with Gasteiger partial charge in [-0.15, -0.1) is 0 Å². The van der Waals surface area contributed by atoms with Crippen LogP contribution in [0.25, 0.3) is 0 Å². The van der Waals surface area contributed by atoms with Gasteiger partial charge in [-0.3, -0.25) is 4.68 Å². The Labute approximate surface area is 108 Å². The molecule has 0 aliphatic carbocycles. The third-order valence-electron chi connectivity index (χ3n) is 2.24. The monoisotopic (exact) mass is 275 g/mol. The van der Waals surface area contributed by atoms with Crippen molar-refractivity contribution in [3.63, 3.8) is 0 Å². The molecule has 0 saturated heterocycles. The van der Waals surface area contributed by atoms with Crippen LogP contribution < -0.4 is 10.0 Å². The first-order valence-electron chi connectivity index (χ1n) is 5.94. The van der Waals surface area contributed by atoms with E-state index in [-0.39, 0.29) is 11.8 Å². The highest BCUT2D eigenvalue weighted by atomic mass is 32.2. The van der Waals surface area contributed by atoms with E-state index in [1.807, 2.05) is 13.8 Å². The summed E-state index contributed by atoms with van der Waals surface area (Å²) in [6.07, 6.45) is 2.09. The normalized spacial score (nSPS) is 12.2. The quantitative estimate of drug-likeness (QED) is 0.653. The average molecular weight is 275 g/mol. The molecule has 8 heteroatoms. The molecule has 0 aromatic carbocycles. The summed E-state index contributed by atoms with van der Waals surface area (Å²) in [7, 11) is -1.44. The van der Waals surface area contributed by atoms with E-state index in [0.29, 0.717) is 25.3 Å². The molecule has 0 radical (unpaired) electrons. The van der Waals surface area contributed by atoms with Gasteiger partial charge in [0, 0.05) is 32.6 Å². The molecule has 0 amide bonds. The van der Waals surface area contributed by atoms with Crippen LogP contribution in [0, 0.1) is 0 Å². The Bertz CT molecular complexity index is 455. The zero-order valence-electron chi connectivity index (χ0n) is 11.0. The Morgan fingerprint density at radius 1 is 1.39 bits per heavy atom. The highest BCUT2D eigenvalue weighted by Crippen LogP contribution is 1.90. The topological polar surface area (TPSA) is 88.9 Å². The largest absolute Gasteiger partial charge is 0.313 e. The first kappa shape index (κ1) is 15.1. The van der Waals surface area contributed by atoms with Gasteiger partial charge >= 0.3 is 0 Å². The van der Waals surface area contributed by atoms with E-state index in [2.05, 4.69) is 20.1 Å². The number of hydrogen-bond donors (Lipinski definition) is 2. The predicted molar refractivity (Wildman–Crippen MR) is 69.6 cm³/mol. The van der Waals surface area contributed by atoms with Crippen molar-refractivity contribution in [2.24, 2.45) is 7.05 Å². The smallest absolute Gasteiger partial charge is 0.212 e. The van der Waals surface area contributed by atoms with E-state index < -0.39 is 10.0 Å². The summed E-state index contributed by atoms with van der Waals surface area (Å²) < 4.78 is 27.3. The second kappa shape index (κ2) is 6.81. The van der Waals surface area contributed by atoms with Gasteiger partial charge in [-0.2, -0.15) is 5.10 Å². The van der Waals surface area contributed by atoms with Crippen molar-refractivity contribution in [2.75, 3.05) is 18.8 Å². The molecule has 1 heterocycles. The van der Waals surface area contributed by atoms with Crippen LogP contribution in [0.15, 0.2) is 6.33 Å². The van der Waals surface area contributed by atoms with E-state index >= 15 is 0 Å². The predicted octanol–water partition coefficient (Wildman–Crippen LogP) is -0.725. The molecule has 0 bridgehead atoms. The van der Waals surface area contributed by atoms with Crippen LogP contribution in [-0.2, 0) is 23.5 Å². The average Bonchev–Trinajstić information content (AvgIpc) is 2.63. The molecule has 0 aliphatic rings. The second-order valence-electron chi connectivity index (χ2n) is 4.41. The van der Waals surface area contributed by atoms with Gasteiger partial charge in [-0.1, -0.05) is 13.8 Å². The minimum atomic E-state index is -3.22. The molecule has 7 nitrogen and oxygen atoms in total. The van der Waals surface area contributed by atoms with Crippen molar-refractivity contribution in [1.82, 2.24) is 24.8 Å². The van der Waals surface area contributed by atoms with Crippen LogP contribution in [0.5, 0.6) is 0 Å². The number of aryl methyl sites for hydroxylation is 1. The zero-order chi connectivity index (χ0) is 13.6. The van der Waals surface area contributed by atoms with E-state index in [9.17, 15) is 8.42 Å². The number of nitrogens with zero attached hydrogens (tertiary/aromatic N) is 3. The molecule has 0 saturated carbocycles. The third-order valence-corrected chi connectivity index (χ3v) is 3.63. The first-order chi connectivity index (χ1) is 8.39. The highest BCUT2D eigenvalue weighted by Gasteiger charge is 2.10. The Morgan fingerprint density at radius 2 is 2.11 bits per heavy atom. The molecule has 18 heavy (non-hydrogen) atoms. The zero-order valence-corrected chi connectivity index (χ0v) is 11.9. The van der Waals surface area contributed by atoms with Gasteiger partial charge < -0.3 is 5.32 Å². The summed E-state index contributed by atoms with van der Waals surface area (Å²) in [6, 6.07) is 0.290. The summed E-state index contributed by atoms with van der Waals surface area (Å²) in [5, 5.41) is 7.14. The molecule has 0 aliphatic heterocycles. The molecule has 2 N–H and O–H groups in total. The fourth-order valence-corrected chi connectivity index (χ4v) is 2.31. The maximum atomic E-state index is 11.6. The van der Waals surface area contributed by atoms with Crippen molar-refractivity contribution < 1.29 is 8.42 Å². The van der Waals surface area contributed by atoms with Crippen LogP contribution in [-0.4, -0.2) is 48.1 Å². The molecular weight excluding hydrogens is 254 g/mol. The Morgan fingerprint density at radius 3 is 2.67 bits per heavy atom. The van der Waals surface area contributed by atoms with Crippen molar-refractivity contribution in [3.8, 4) is 0 Å². The summed E-state index contributed by atoms with van der Waals surface area (Å²) in [4.78, 5) is 4.03. The van der Waals surface area contributed by atoms with Gasteiger partial charge in [0.15, 0.2) is 5.82 Å². The van der Waals surface area contributed by atoms with E-state index in [1.165, 1.54) is 0 Å². The highest BCUT2D eigenvalue weighted by molar-refractivity contribution is 7.89. The lowest BCUT2D eigenvalue weighted by Crippen LogP contribution is -2.35. The lowest BCUT2D eigenvalue weighted by Gasteiger charge is -2.09. The van der Waals surface area contributed by atoms with E-state index in [0.717, 1.165) is 0 Å². The molecule has 0 atom stereocenters. The Balaban J connectivity index is 2.25. The fourth-order valence-electron chi connectivity index (χ4n) is 1.37. The van der Waals surface area contributed by atoms with Gasteiger partial charge in [0.1, 0.15) is 6.33 Å². The van der Waals surface area contributed by atoms with E-state index in [1.54, 1.807) is 18.1 Å². The van der Waals surface area contributed by atoms with Gasteiger partial charge in [0.2, 0.25) is 10.0 Å². The lowest BCUT2D eigenvalue weighted by atomic mass is 10.4. The van der Waals surface area contributed by atoms with Crippen LogP contribution in [0.2, 0.25) is 0 Å². The molecule has 0 unspecified atom stereocenters. The number of sulfonamides is 1. The Kier molecular flexibility index (Phi) is 5.70. The number of aromatic nitrogens is 3. The fraction of sp³-hybridized carbons (Fsp3) is 0.800. The molecular formula is C10H21N5O2S. The minimum Gasteiger partial charge on any atom is -0.313 e. The van der Waals surface area contributed by atoms with Crippen molar-refractivity contribution >= 4 is 10.0 Å². The van der Waals surface area contributed by atoms with Crippen molar-refractivity contribution in [2.45, 2.75) is 26.3 Å². The van der Waals surface area contributed by atoms with Crippen LogP contribution in [0.1, 0.15) is 19.7 Å². The summed E-state index contributed by atoms with van der Waals surface area (Å²) in [5.74, 6) is 0.724. The van der Waals surface area contributed by atoms with Gasteiger partial charge in [0.05, 0.1) is 5.75 Å². The first-order valence-corrected chi connectivity index (χ1v) is 7.59. The minimum absolute atomic E-state index is 0.0842. The standard InChI is InChI=1S/C10H21N5O2S/c1-9(2)11-6-7-18(16,17)13-5-4-10-12-8-15(3)14-10/h8-9,11,13H,4-7H2,1-3H3.